The zero-order valence-electron chi connectivity index (χ0n) is 9.70. The average molecular weight is 222 g/mol. The quantitative estimate of drug-likeness (QED) is 0.647. The summed E-state index contributed by atoms with van der Waals surface area (Å²) in [5.41, 5.74) is -0.596. The first kappa shape index (κ1) is 12.8. The number of Topliss-reactive ketones (excluding diaryl/α,β-unsaturated/α-hetero) is 1. The number of aldehydes is 1. The molecule has 0 aliphatic heterocycles. The molecular weight excluding hydrogens is 204 g/mol. The molecule has 0 amide bonds. The van der Waals surface area contributed by atoms with Gasteiger partial charge < -0.3 is 4.79 Å². The fourth-order valence-corrected chi connectivity index (χ4v) is 2.12. The first-order chi connectivity index (χ1) is 7.64. The third-order valence-electron chi connectivity index (χ3n) is 3.33. The first-order valence-electron chi connectivity index (χ1n) is 5.81. The van der Waals surface area contributed by atoms with Crippen molar-refractivity contribution in [2.45, 2.75) is 45.4 Å². The Balaban J connectivity index is 2.72. The molecule has 16 heavy (non-hydrogen) atoms. The molecule has 0 aromatic carbocycles. The van der Waals surface area contributed by atoms with Gasteiger partial charge in [-0.25, -0.2) is 0 Å². The second-order valence-electron chi connectivity index (χ2n) is 4.35. The van der Waals surface area contributed by atoms with Gasteiger partial charge in [-0.2, -0.15) is 0 Å². The van der Waals surface area contributed by atoms with E-state index in [4.69, 9.17) is 0 Å². The summed E-state index contributed by atoms with van der Waals surface area (Å²) < 4.78 is 0. The molecule has 3 heteroatoms. The van der Waals surface area contributed by atoms with Crippen LogP contribution in [0.15, 0.2) is 12.2 Å². The molecule has 1 atom stereocenters. The SMILES string of the molecule is CCC(=O)CC[C@@]1(CC=O)CCC=CC1=O. The molecule has 0 saturated heterocycles. The van der Waals surface area contributed by atoms with E-state index in [0.29, 0.717) is 25.7 Å². The maximum Gasteiger partial charge on any atom is 0.161 e. The van der Waals surface area contributed by atoms with Crippen molar-refractivity contribution in [1.82, 2.24) is 0 Å². The molecule has 0 N–H and O–H groups in total. The number of ketones is 2. The molecule has 0 saturated carbocycles. The van der Waals surface area contributed by atoms with Gasteiger partial charge in [-0.1, -0.05) is 13.0 Å². The number of hydrogen-bond acceptors (Lipinski definition) is 3. The highest BCUT2D eigenvalue weighted by Crippen LogP contribution is 2.37. The normalized spacial score (nSPS) is 24.4. The standard InChI is InChI=1S/C13H18O3/c1-2-11(15)6-8-13(9-10-14)7-4-3-5-12(13)16/h3,5,10H,2,4,6-9H2,1H3/t13-/m1/s1. The van der Waals surface area contributed by atoms with E-state index >= 15 is 0 Å². The lowest BCUT2D eigenvalue weighted by Crippen LogP contribution is -2.33. The van der Waals surface area contributed by atoms with Crippen LogP contribution in [0, 0.1) is 5.41 Å². The van der Waals surface area contributed by atoms with Gasteiger partial charge in [0.15, 0.2) is 5.78 Å². The van der Waals surface area contributed by atoms with Crippen molar-refractivity contribution in [2.24, 2.45) is 5.41 Å². The van der Waals surface area contributed by atoms with E-state index in [0.717, 1.165) is 12.7 Å². The third kappa shape index (κ3) is 2.87. The second-order valence-corrected chi connectivity index (χ2v) is 4.35. The number of allylic oxidation sites excluding steroid dienone is 2. The Labute approximate surface area is 95.9 Å². The molecule has 0 bridgehead atoms. The number of hydrogen-bond donors (Lipinski definition) is 0. The summed E-state index contributed by atoms with van der Waals surface area (Å²) in [5, 5.41) is 0. The monoisotopic (exact) mass is 222 g/mol. The Kier molecular flexibility index (Phi) is 4.59. The van der Waals surface area contributed by atoms with Crippen LogP contribution in [0.25, 0.3) is 0 Å². The van der Waals surface area contributed by atoms with Gasteiger partial charge >= 0.3 is 0 Å². The highest BCUT2D eigenvalue weighted by molar-refractivity contribution is 5.97. The van der Waals surface area contributed by atoms with Gasteiger partial charge in [0.25, 0.3) is 0 Å². The molecule has 0 spiro atoms. The van der Waals surface area contributed by atoms with Crippen molar-refractivity contribution in [3.63, 3.8) is 0 Å². The molecule has 1 aliphatic carbocycles. The predicted octanol–water partition coefficient (Wildman–Crippen LogP) is 2.24. The Morgan fingerprint density at radius 3 is 2.88 bits per heavy atom. The van der Waals surface area contributed by atoms with Crippen molar-refractivity contribution in [2.75, 3.05) is 0 Å². The lowest BCUT2D eigenvalue weighted by atomic mass is 9.70. The van der Waals surface area contributed by atoms with Gasteiger partial charge in [-0.15, -0.1) is 0 Å². The fourth-order valence-electron chi connectivity index (χ4n) is 2.12. The van der Waals surface area contributed by atoms with Crippen molar-refractivity contribution >= 4 is 17.9 Å². The summed E-state index contributed by atoms with van der Waals surface area (Å²) in [7, 11) is 0. The molecular formula is C13H18O3. The van der Waals surface area contributed by atoms with Gasteiger partial charge in [-0.3, -0.25) is 9.59 Å². The highest BCUT2D eigenvalue weighted by atomic mass is 16.1. The molecule has 0 aromatic heterocycles. The topological polar surface area (TPSA) is 51.2 Å². The van der Waals surface area contributed by atoms with Crippen molar-refractivity contribution < 1.29 is 14.4 Å². The molecule has 1 rings (SSSR count). The zero-order chi connectivity index (χ0) is 12.0. The zero-order valence-corrected chi connectivity index (χ0v) is 9.70. The van der Waals surface area contributed by atoms with Crippen LogP contribution in [0.2, 0.25) is 0 Å². The van der Waals surface area contributed by atoms with Gasteiger partial charge in [0.2, 0.25) is 0 Å². The molecule has 0 aromatic rings. The van der Waals surface area contributed by atoms with E-state index in [1.54, 1.807) is 6.08 Å². The predicted molar refractivity (Wildman–Crippen MR) is 61.0 cm³/mol. The van der Waals surface area contributed by atoms with Gasteiger partial charge in [0.1, 0.15) is 12.1 Å². The number of rotatable bonds is 6. The van der Waals surface area contributed by atoms with Crippen molar-refractivity contribution in [3.8, 4) is 0 Å². The minimum Gasteiger partial charge on any atom is -0.303 e. The first-order valence-corrected chi connectivity index (χ1v) is 5.81. The van der Waals surface area contributed by atoms with Crippen molar-refractivity contribution in [1.29, 1.82) is 0 Å². The van der Waals surface area contributed by atoms with E-state index in [2.05, 4.69) is 0 Å². The van der Waals surface area contributed by atoms with Crippen LogP contribution in [0.5, 0.6) is 0 Å². The van der Waals surface area contributed by atoms with Gasteiger partial charge in [-0.05, 0) is 25.3 Å². The second kappa shape index (κ2) is 5.73. The fraction of sp³-hybridized carbons (Fsp3) is 0.615. The minimum absolute atomic E-state index is 0.00903. The summed E-state index contributed by atoms with van der Waals surface area (Å²) in [6.07, 6.45) is 7.38. The maximum absolute atomic E-state index is 11.9. The van der Waals surface area contributed by atoms with E-state index in [-0.39, 0.29) is 18.0 Å². The molecule has 0 fully saturated rings. The van der Waals surface area contributed by atoms with Gasteiger partial charge in [0, 0.05) is 24.7 Å². The van der Waals surface area contributed by atoms with E-state index in [9.17, 15) is 14.4 Å². The maximum atomic E-state index is 11.9. The van der Waals surface area contributed by atoms with Crippen LogP contribution in [0.1, 0.15) is 45.4 Å². The Bertz CT molecular complexity index is 317. The van der Waals surface area contributed by atoms with Crippen LogP contribution in [-0.2, 0) is 14.4 Å². The Morgan fingerprint density at radius 1 is 1.56 bits per heavy atom. The van der Waals surface area contributed by atoms with Crippen LogP contribution < -0.4 is 0 Å². The lowest BCUT2D eigenvalue weighted by molar-refractivity contribution is -0.129. The van der Waals surface area contributed by atoms with Crippen LogP contribution >= 0.6 is 0 Å². The summed E-state index contributed by atoms with van der Waals surface area (Å²) in [5.74, 6) is 0.169. The molecule has 88 valence electrons. The Hall–Kier alpha value is -1.25. The number of carbonyl (C=O) groups excluding carboxylic acids is 3. The summed E-state index contributed by atoms with van der Waals surface area (Å²) in [4.78, 5) is 33.8. The van der Waals surface area contributed by atoms with E-state index < -0.39 is 5.41 Å². The van der Waals surface area contributed by atoms with E-state index in [1.807, 2.05) is 13.0 Å². The van der Waals surface area contributed by atoms with E-state index in [1.165, 1.54) is 0 Å². The Morgan fingerprint density at radius 2 is 2.31 bits per heavy atom. The summed E-state index contributed by atoms with van der Waals surface area (Å²) in [6.45, 7) is 1.82. The third-order valence-corrected chi connectivity index (χ3v) is 3.33. The van der Waals surface area contributed by atoms with Crippen LogP contribution in [0.4, 0.5) is 0 Å². The molecule has 0 unspecified atom stereocenters. The van der Waals surface area contributed by atoms with Crippen molar-refractivity contribution in [3.05, 3.63) is 12.2 Å². The molecule has 3 nitrogen and oxygen atoms in total. The molecule has 1 aliphatic rings. The lowest BCUT2D eigenvalue weighted by Gasteiger charge is -2.31. The summed E-state index contributed by atoms with van der Waals surface area (Å²) in [6, 6.07) is 0. The smallest absolute Gasteiger partial charge is 0.161 e. The largest absolute Gasteiger partial charge is 0.303 e. The number of carbonyl (C=O) groups is 3. The summed E-state index contributed by atoms with van der Waals surface area (Å²) >= 11 is 0. The molecule has 0 heterocycles. The van der Waals surface area contributed by atoms with Crippen LogP contribution in [0.3, 0.4) is 0 Å². The minimum atomic E-state index is -0.596. The van der Waals surface area contributed by atoms with Crippen LogP contribution in [-0.4, -0.2) is 17.9 Å². The highest BCUT2D eigenvalue weighted by Gasteiger charge is 2.37. The molecule has 0 radical (unpaired) electrons. The average Bonchev–Trinajstić information content (AvgIpc) is 2.30. The van der Waals surface area contributed by atoms with Gasteiger partial charge in [0.05, 0.1) is 0 Å².